The molecule has 1 unspecified atom stereocenters. The van der Waals surface area contributed by atoms with E-state index in [1.54, 1.807) is 17.7 Å². The third-order valence-corrected chi connectivity index (χ3v) is 8.21. The molecule has 6 rings (SSSR count). The van der Waals surface area contributed by atoms with Crippen molar-refractivity contribution in [2.75, 3.05) is 32.2 Å². The molecular weight excluding hydrogens is 511 g/mol. The molecule has 0 aliphatic carbocycles. The number of fused-ring (bicyclic) bond motifs is 4. The van der Waals surface area contributed by atoms with Crippen molar-refractivity contribution >= 4 is 28.9 Å². The molecule has 10 nitrogen and oxygen atoms in total. The highest BCUT2D eigenvalue weighted by Gasteiger charge is 2.49. The topological polar surface area (TPSA) is 124 Å². The SMILES string of the molecule is COc1cnc(C(=O)Nc2ccc3c(c2)[C@@]2(CCN=CS2)C2=CC(C4=CCCOC4)N(N)C(F)=C2O3)cn1. The number of anilines is 1. The Morgan fingerprint density at radius 3 is 2.95 bits per heavy atom. The maximum atomic E-state index is 15.8. The van der Waals surface area contributed by atoms with Crippen LogP contribution >= 0.6 is 11.8 Å². The van der Waals surface area contributed by atoms with Gasteiger partial charge in [-0.2, -0.15) is 4.39 Å². The number of nitrogens with two attached hydrogens (primary N) is 1. The largest absolute Gasteiger partial charge is 0.480 e. The van der Waals surface area contributed by atoms with E-state index in [0.29, 0.717) is 49.1 Å². The average Bonchev–Trinajstić information content (AvgIpc) is 2.96. The highest BCUT2D eigenvalue weighted by atomic mass is 32.2. The number of halogens is 1. The molecule has 38 heavy (non-hydrogen) atoms. The summed E-state index contributed by atoms with van der Waals surface area (Å²) in [6.07, 6.45) is 8.10. The number of amides is 1. The van der Waals surface area contributed by atoms with Crippen LogP contribution in [0, 0.1) is 0 Å². The number of thioether (sulfide) groups is 1. The summed E-state index contributed by atoms with van der Waals surface area (Å²) in [7, 11) is 1.48. The molecule has 196 valence electrons. The van der Waals surface area contributed by atoms with Gasteiger partial charge in [0, 0.05) is 23.4 Å². The highest BCUT2D eigenvalue weighted by Crippen LogP contribution is 2.57. The number of hydrogen-bond donors (Lipinski definition) is 2. The van der Waals surface area contributed by atoms with Crippen LogP contribution < -0.4 is 20.6 Å². The third-order valence-electron chi connectivity index (χ3n) is 6.91. The van der Waals surface area contributed by atoms with E-state index in [2.05, 4.69) is 26.4 Å². The van der Waals surface area contributed by atoms with E-state index in [1.807, 2.05) is 12.1 Å². The van der Waals surface area contributed by atoms with Crippen LogP contribution in [0.5, 0.6) is 11.6 Å². The maximum absolute atomic E-state index is 15.8. The molecule has 0 bridgehead atoms. The van der Waals surface area contributed by atoms with Crippen LogP contribution in [0.3, 0.4) is 0 Å². The van der Waals surface area contributed by atoms with Crippen molar-refractivity contribution < 1.29 is 23.4 Å². The molecule has 0 radical (unpaired) electrons. The number of rotatable bonds is 4. The van der Waals surface area contributed by atoms with Crippen LogP contribution in [-0.4, -0.2) is 59.3 Å². The van der Waals surface area contributed by atoms with Crippen LogP contribution in [0.4, 0.5) is 10.1 Å². The van der Waals surface area contributed by atoms with Crippen molar-refractivity contribution in [3.8, 4) is 11.6 Å². The molecule has 1 spiro atoms. The summed E-state index contributed by atoms with van der Waals surface area (Å²) in [5, 5.41) is 3.98. The molecule has 0 saturated carbocycles. The fourth-order valence-corrected chi connectivity index (χ4v) is 6.15. The Hall–Kier alpha value is -3.74. The van der Waals surface area contributed by atoms with Gasteiger partial charge in [0.05, 0.1) is 49.1 Å². The number of hydrogen-bond acceptors (Lipinski definition) is 10. The minimum absolute atomic E-state index is 0.0988. The van der Waals surface area contributed by atoms with Crippen molar-refractivity contribution in [3.63, 3.8) is 0 Å². The molecule has 0 fully saturated rings. The second-order valence-electron chi connectivity index (χ2n) is 9.09. The number of hydrazine groups is 1. The Morgan fingerprint density at radius 1 is 1.34 bits per heavy atom. The number of allylic oxidation sites excluding steroid dienone is 1. The number of nitrogens with one attached hydrogen (secondary N) is 1. The molecule has 5 heterocycles. The minimum atomic E-state index is -0.682. The Balaban J connectivity index is 1.40. The van der Waals surface area contributed by atoms with Gasteiger partial charge in [-0.05, 0) is 42.7 Å². The van der Waals surface area contributed by atoms with Gasteiger partial charge in [-0.15, -0.1) is 0 Å². The van der Waals surface area contributed by atoms with E-state index in [1.165, 1.54) is 31.3 Å². The lowest BCUT2D eigenvalue weighted by Gasteiger charge is -2.45. The van der Waals surface area contributed by atoms with E-state index in [0.717, 1.165) is 22.6 Å². The summed E-state index contributed by atoms with van der Waals surface area (Å²) in [6.45, 7) is 1.57. The number of nitrogens with zero attached hydrogens (tertiary/aromatic N) is 4. The van der Waals surface area contributed by atoms with Gasteiger partial charge in [0.1, 0.15) is 11.4 Å². The van der Waals surface area contributed by atoms with E-state index in [4.69, 9.17) is 20.1 Å². The molecule has 1 amide bonds. The monoisotopic (exact) mass is 536 g/mol. The fraction of sp³-hybridized carbons (Fsp3) is 0.308. The molecule has 2 atom stereocenters. The number of aromatic nitrogens is 2. The van der Waals surface area contributed by atoms with Gasteiger partial charge in [-0.25, -0.2) is 15.8 Å². The first-order valence-corrected chi connectivity index (χ1v) is 13.0. The second-order valence-corrected chi connectivity index (χ2v) is 10.2. The summed E-state index contributed by atoms with van der Waals surface area (Å²) in [5.74, 6) is 6.07. The van der Waals surface area contributed by atoms with E-state index >= 15 is 4.39 Å². The highest BCUT2D eigenvalue weighted by molar-refractivity contribution is 8.13. The third kappa shape index (κ3) is 4.14. The summed E-state index contributed by atoms with van der Waals surface area (Å²) in [5.41, 5.74) is 4.89. The van der Waals surface area contributed by atoms with Crippen LogP contribution in [0.25, 0.3) is 0 Å². The molecule has 3 N–H and O–H groups in total. The predicted molar refractivity (Wildman–Crippen MR) is 140 cm³/mol. The average molecular weight is 537 g/mol. The van der Waals surface area contributed by atoms with Crippen molar-refractivity contribution in [2.45, 2.75) is 23.6 Å². The Labute approximate surface area is 222 Å². The van der Waals surface area contributed by atoms with Crippen LogP contribution in [0.1, 0.15) is 28.9 Å². The van der Waals surface area contributed by atoms with Gasteiger partial charge >= 0.3 is 0 Å². The zero-order valence-corrected chi connectivity index (χ0v) is 21.3. The van der Waals surface area contributed by atoms with Gasteiger partial charge < -0.3 is 19.5 Å². The normalized spacial score (nSPS) is 24.2. The minimum Gasteiger partial charge on any atom is -0.480 e. The lowest BCUT2D eigenvalue weighted by molar-refractivity contribution is 0.102. The molecule has 12 heteroatoms. The van der Waals surface area contributed by atoms with Crippen molar-refractivity contribution in [3.05, 3.63) is 76.9 Å². The molecule has 4 aliphatic rings. The van der Waals surface area contributed by atoms with Crippen molar-refractivity contribution in [1.82, 2.24) is 15.0 Å². The molecular formula is C26H25FN6O4S. The lowest BCUT2D eigenvalue weighted by Crippen LogP contribution is -2.47. The number of benzene rings is 1. The van der Waals surface area contributed by atoms with Crippen molar-refractivity contribution in [2.24, 2.45) is 10.8 Å². The van der Waals surface area contributed by atoms with Gasteiger partial charge in [0.25, 0.3) is 5.91 Å². The van der Waals surface area contributed by atoms with Gasteiger partial charge in [0.15, 0.2) is 5.76 Å². The van der Waals surface area contributed by atoms with Crippen molar-refractivity contribution in [1.29, 1.82) is 0 Å². The fourth-order valence-electron chi connectivity index (χ4n) is 5.01. The Kier molecular flexibility index (Phi) is 6.38. The van der Waals surface area contributed by atoms with Gasteiger partial charge in [-0.1, -0.05) is 17.8 Å². The zero-order valence-electron chi connectivity index (χ0n) is 20.5. The Morgan fingerprint density at radius 2 is 2.24 bits per heavy atom. The number of ether oxygens (including phenoxy) is 3. The zero-order chi connectivity index (χ0) is 26.3. The van der Waals surface area contributed by atoms with Gasteiger partial charge in [0.2, 0.25) is 11.8 Å². The molecule has 2 aromatic rings. The summed E-state index contributed by atoms with van der Waals surface area (Å²) in [4.78, 5) is 25.4. The number of aliphatic imine (C=N–C) groups is 1. The van der Waals surface area contributed by atoms with E-state index < -0.39 is 22.6 Å². The molecule has 1 aromatic carbocycles. The second kappa shape index (κ2) is 9.86. The molecule has 0 saturated heterocycles. The quantitative estimate of drug-likeness (QED) is 0.343. The number of carbonyl (C=O) groups is 1. The van der Waals surface area contributed by atoms with Crippen LogP contribution in [-0.2, 0) is 9.48 Å². The van der Waals surface area contributed by atoms with Crippen LogP contribution in [0.15, 0.2) is 70.6 Å². The summed E-state index contributed by atoms with van der Waals surface area (Å²) >= 11 is 1.50. The first-order chi connectivity index (χ1) is 18.5. The standard InChI is InChI=1S/C26H25FN6O4S/c1-35-22-12-30-19(11-31-22)25(34)32-16-4-5-21-17(9-16)26(6-7-29-14-38-26)18-10-20(15-3-2-8-36-13-15)33(28)24(27)23(18)37-21/h3-5,9-12,14,20H,2,6-8,13,28H2,1H3,(H,32,34)/t20?,26-/m0/s1. The smallest absolute Gasteiger partial charge is 0.275 e. The van der Waals surface area contributed by atoms with E-state index in [9.17, 15) is 4.79 Å². The molecule has 1 aromatic heterocycles. The lowest BCUT2D eigenvalue weighted by atomic mass is 9.80. The molecule has 4 aliphatic heterocycles. The first kappa shape index (κ1) is 24.6. The number of carbonyl (C=O) groups excluding carboxylic acids is 1. The summed E-state index contributed by atoms with van der Waals surface area (Å²) < 4.78 is 31.8. The van der Waals surface area contributed by atoms with Gasteiger partial charge in [-0.3, -0.25) is 14.8 Å². The summed E-state index contributed by atoms with van der Waals surface area (Å²) in [6, 6.07) is 4.78. The van der Waals surface area contributed by atoms with Crippen LogP contribution in [0.2, 0.25) is 0 Å². The first-order valence-electron chi connectivity index (χ1n) is 12.1. The maximum Gasteiger partial charge on any atom is 0.275 e. The Bertz CT molecular complexity index is 1410. The predicted octanol–water partition coefficient (Wildman–Crippen LogP) is 3.46. The number of methoxy groups -OCH3 is 1. The van der Waals surface area contributed by atoms with E-state index in [-0.39, 0.29) is 11.5 Å².